The molecular formula is C18H26N2O4. The van der Waals surface area contributed by atoms with Gasteiger partial charge < -0.3 is 15.4 Å². The lowest BCUT2D eigenvalue weighted by Gasteiger charge is -2.26. The SMILES string of the molecule is CCC(CC)(CNC(=O)c1cc2c([nH]c1=O)CCCCC2)C(=O)O. The highest BCUT2D eigenvalue weighted by molar-refractivity contribution is 5.94. The van der Waals surface area contributed by atoms with Crippen molar-refractivity contribution < 1.29 is 14.7 Å². The summed E-state index contributed by atoms with van der Waals surface area (Å²) in [6, 6.07) is 1.68. The van der Waals surface area contributed by atoms with Crippen LogP contribution in [-0.4, -0.2) is 28.5 Å². The van der Waals surface area contributed by atoms with Gasteiger partial charge in [-0.2, -0.15) is 0 Å². The molecule has 0 saturated carbocycles. The van der Waals surface area contributed by atoms with Crippen molar-refractivity contribution >= 4 is 11.9 Å². The molecule has 0 radical (unpaired) electrons. The van der Waals surface area contributed by atoms with E-state index in [1.54, 1.807) is 19.9 Å². The summed E-state index contributed by atoms with van der Waals surface area (Å²) in [6.07, 6.45) is 5.73. The lowest BCUT2D eigenvalue weighted by molar-refractivity contribution is -0.149. The third kappa shape index (κ3) is 3.68. The number of nitrogens with one attached hydrogen (secondary N) is 2. The summed E-state index contributed by atoms with van der Waals surface area (Å²) < 4.78 is 0. The standard InChI is InChI=1S/C18H26N2O4/c1-3-18(4-2,17(23)24)11-19-15(21)13-10-12-8-6-5-7-9-14(12)20-16(13)22/h10H,3-9,11H2,1-2H3,(H,19,21)(H,20,22)(H,23,24). The number of hydrogen-bond donors (Lipinski definition) is 3. The molecular weight excluding hydrogens is 308 g/mol. The number of rotatable bonds is 6. The van der Waals surface area contributed by atoms with Gasteiger partial charge >= 0.3 is 5.97 Å². The Balaban J connectivity index is 2.20. The average molecular weight is 334 g/mol. The number of aromatic amines is 1. The second-order valence-electron chi connectivity index (χ2n) is 6.55. The number of carboxylic acids is 1. The van der Waals surface area contributed by atoms with E-state index in [-0.39, 0.29) is 12.1 Å². The van der Waals surface area contributed by atoms with Crippen molar-refractivity contribution in [1.29, 1.82) is 0 Å². The molecule has 0 saturated heterocycles. The van der Waals surface area contributed by atoms with E-state index >= 15 is 0 Å². The monoisotopic (exact) mass is 334 g/mol. The molecule has 6 heteroatoms. The fraction of sp³-hybridized carbons (Fsp3) is 0.611. The van der Waals surface area contributed by atoms with Crippen molar-refractivity contribution in [3.8, 4) is 0 Å². The van der Waals surface area contributed by atoms with Gasteiger partial charge in [-0.1, -0.05) is 20.3 Å². The normalized spacial score (nSPS) is 14.6. The summed E-state index contributed by atoms with van der Waals surface area (Å²) in [7, 11) is 0. The molecule has 0 fully saturated rings. The van der Waals surface area contributed by atoms with Crippen LogP contribution in [0.2, 0.25) is 0 Å². The molecule has 1 aromatic heterocycles. The molecule has 2 rings (SSSR count). The van der Waals surface area contributed by atoms with Gasteiger partial charge in [-0.3, -0.25) is 14.4 Å². The first-order valence-corrected chi connectivity index (χ1v) is 8.70. The van der Waals surface area contributed by atoms with Gasteiger partial charge in [0.15, 0.2) is 0 Å². The Morgan fingerprint density at radius 1 is 1.21 bits per heavy atom. The van der Waals surface area contributed by atoms with Crippen LogP contribution in [0.15, 0.2) is 10.9 Å². The minimum absolute atomic E-state index is 0.0185. The van der Waals surface area contributed by atoms with E-state index in [4.69, 9.17) is 0 Å². The highest BCUT2D eigenvalue weighted by Crippen LogP contribution is 2.26. The number of aryl methyl sites for hydroxylation is 2. The van der Waals surface area contributed by atoms with Crippen LogP contribution >= 0.6 is 0 Å². The predicted molar refractivity (Wildman–Crippen MR) is 91.3 cm³/mol. The van der Waals surface area contributed by atoms with Crippen molar-refractivity contribution in [3.05, 3.63) is 33.2 Å². The number of fused-ring (bicyclic) bond motifs is 1. The highest BCUT2D eigenvalue weighted by Gasteiger charge is 2.35. The number of carbonyl (C=O) groups excluding carboxylic acids is 1. The molecule has 1 heterocycles. The summed E-state index contributed by atoms with van der Waals surface area (Å²) >= 11 is 0. The van der Waals surface area contributed by atoms with E-state index < -0.39 is 22.9 Å². The topological polar surface area (TPSA) is 99.3 Å². The fourth-order valence-electron chi connectivity index (χ4n) is 3.24. The van der Waals surface area contributed by atoms with Crippen molar-refractivity contribution in [1.82, 2.24) is 10.3 Å². The first-order valence-electron chi connectivity index (χ1n) is 8.70. The molecule has 1 amide bonds. The third-order valence-corrected chi connectivity index (χ3v) is 5.23. The maximum absolute atomic E-state index is 12.4. The zero-order valence-electron chi connectivity index (χ0n) is 14.4. The highest BCUT2D eigenvalue weighted by atomic mass is 16.4. The van der Waals surface area contributed by atoms with Crippen LogP contribution in [-0.2, 0) is 17.6 Å². The molecule has 1 aromatic rings. The molecule has 0 unspecified atom stereocenters. The molecule has 0 atom stereocenters. The Labute approximate surface area is 141 Å². The minimum atomic E-state index is -0.992. The molecule has 1 aliphatic carbocycles. The molecule has 6 nitrogen and oxygen atoms in total. The van der Waals surface area contributed by atoms with Crippen LogP contribution in [0.1, 0.15) is 67.6 Å². The Hall–Kier alpha value is -2.11. The van der Waals surface area contributed by atoms with E-state index in [0.717, 1.165) is 43.4 Å². The van der Waals surface area contributed by atoms with Crippen molar-refractivity contribution in [2.45, 2.75) is 58.8 Å². The number of amides is 1. The van der Waals surface area contributed by atoms with Gasteiger partial charge in [0.05, 0.1) is 5.41 Å². The van der Waals surface area contributed by atoms with Gasteiger partial charge in [0.25, 0.3) is 11.5 Å². The molecule has 132 valence electrons. The fourth-order valence-corrected chi connectivity index (χ4v) is 3.24. The van der Waals surface area contributed by atoms with E-state index in [1.165, 1.54) is 0 Å². The lowest BCUT2D eigenvalue weighted by atomic mass is 9.82. The molecule has 0 spiro atoms. The average Bonchev–Trinajstić information content (AvgIpc) is 2.79. The lowest BCUT2D eigenvalue weighted by Crippen LogP contribution is -2.43. The van der Waals surface area contributed by atoms with Crippen LogP contribution in [0.25, 0.3) is 0 Å². The Morgan fingerprint density at radius 3 is 2.50 bits per heavy atom. The first-order chi connectivity index (χ1) is 11.4. The second kappa shape index (κ2) is 7.64. The number of carbonyl (C=O) groups is 2. The quantitative estimate of drug-likeness (QED) is 0.695. The van der Waals surface area contributed by atoms with Gasteiger partial charge in [0.2, 0.25) is 0 Å². The Morgan fingerprint density at radius 2 is 1.88 bits per heavy atom. The third-order valence-electron chi connectivity index (χ3n) is 5.23. The number of pyridine rings is 1. The molecule has 1 aliphatic rings. The van der Waals surface area contributed by atoms with E-state index in [2.05, 4.69) is 10.3 Å². The van der Waals surface area contributed by atoms with Crippen LogP contribution < -0.4 is 10.9 Å². The first kappa shape index (κ1) is 18.2. The predicted octanol–water partition coefficient (Wildman–Crippen LogP) is 2.26. The molecule has 3 N–H and O–H groups in total. The maximum Gasteiger partial charge on any atom is 0.311 e. The maximum atomic E-state index is 12.4. The summed E-state index contributed by atoms with van der Waals surface area (Å²) in [6.45, 7) is 3.60. The molecule has 0 bridgehead atoms. The molecule has 0 aliphatic heterocycles. The summed E-state index contributed by atoms with van der Waals surface area (Å²) in [5.74, 6) is -1.43. The van der Waals surface area contributed by atoms with Gasteiger partial charge in [0, 0.05) is 12.2 Å². The Bertz CT molecular complexity index is 674. The summed E-state index contributed by atoms with van der Waals surface area (Å²) in [5.41, 5.74) is 0.627. The van der Waals surface area contributed by atoms with Crippen molar-refractivity contribution in [3.63, 3.8) is 0 Å². The van der Waals surface area contributed by atoms with Gasteiger partial charge in [-0.15, -0.1) is 0 Å². The van der Waals surface area contributed by atoms with Gasteiger partial charge in [0.1, 0.15) is 5.56 Å². The number of aromatic nitrogens is 1. The van der Waals surface area contributed by atoms with E-state index in [9.17, 15) is 19.5 Å². The Kier molecular flexibility index (Phi) is 5.80. The van der Waals surface area contributed by atoms with Crippen molar-refractivity contribution in [2.24, 2.45) is 5.41 Å². The number of H-pyrrole nitrogens is 1. The molecule has 0 aromatic carbocycles. The summed E-state index contributed by atoms with van der Waals surface area (Å²) in [4.78, 5) is 39.0. The second-order valence-corrected chi connectivity index (χ2v) is 6.55. The number of carboxylic acid groups (broad SMARTS) is 1. The van der Waals surface area contributed by atoms with Crippen LogP contribution in [0, 0.1) is 5.41 Å². The molecule has 24 heavy (non-hydrogen) atoms. The number of aliphatic carboxylic acids is 1. The van der Waals surface area contributed by atoms with Crippen LogP contribution in [0.5, 0.6) is 0 Å². The van der Waals surface area contributed by atoms with E-state index in [0.29, 0.717) is 12.8 Å². The number of hydrogen-bond acceptors (Lipinski definition) is 3. The van der Waals surface area contributed by atoms with E-state index in [1.807, 2.05) is 0 Å². The van der Waals surface area contributed by atoms with Crippen LogP contribution in [0.3, 0.4) is 0 Å². The van der Waals surface area contributed by atoms with Crippen LogP contribution in [0.4, 0.5) is 0 Å². The summed E-state index contributed by atoms with van der Waals surface area (Å²) in [5, 5.41) is 12.1. The largest absolute Gasteiger partial charge is 0.481 e. The zero-order valence-corrected chi connectivity index (χ0v) is 14.4. The van der Waals surface area contributed by atoms with Gasteiger partial charge in [-0.25, -0.2) is 0 Å². The zero-order chi connectivity index (χ0) is 17.7. The van der Waals surface area contributed by atoms with Crippen molar-refractivity contribution in [2.75, 3.05) is 6.54 Å². The van der Waals surface area contributed by atoms with Gasteiger partial charge in [-0.05, 0) is 50.2 Å². The smallest absolute Gasteiger partial charge is 0.311 e. The minimum Gasteiger partial charge on any atom is -0.481 e.